The molecule has 0 saturated carbocycles. The fourth-order valence-corrected chi connectivity index (χ4v) is 3.82. The normalized spacial score (nSPS) is 23.9. The molecule has 1 heterocycles. The van der Waals surface area contributed by atoms with Crippen LogP contribution in [0.4, 0.5) is 8.68 Å². The zero-order valence-electron chi connectivity index (χ0n) is 12.6. The fourth-order valence-electron chi connectivity index (χ4n) is 2.71. The first kappa shape index (κ1) is 17.2. The van der Waals surface area contributed by atoms with Gasteiger partial charge in [0.2, 0.25) is 0 Å². The van der Waals surface area contributed by atoms with Crippen molar-refractivity contribution < 1.29 is 21.8 Å². The summed E-state index contributed by atoms with van der Waals surface area (Å²) in [4.78, 5) is 13.5. The molecule has 0 aliphatic carbocycles. The van der Waals surface area contributed by atoms with Crippen molar-refractivity contribution in [1.29, 1.82) is 0 Å². The molecule has 0 spiro atoms. The van der Waals surface area contributed by atoms with E-state index >= 15 is 0 Å². The molecule has 118 valence electrons. The van der Waals surface area contributed by atoms with Crippen molar-refractivity contribution in [2.24, 2.45) is 5.41 Å². The molecule has 20 heavy (non-hydrogen) atoms. The van der Waals surface area contributed by atoms with Crippen LogP contribution < -0.4 is 0 Å². The molecule has 0 aromatic heterocycles. The highest BCUT2D eigenvalue weighted by atomic mass is 32.3. The molecule has 5 nitrogen and oxygen atoms in total. The third-order valence-electron chi connectivity index (χ3n) is 3.35. The van der Waals surface area contributed by atoms with Crippen LogP contribution in [0.15, 0.2) is 0 Å². The van der Waals surface area contributed by atoms with Crippen LogP contribution >= 0.6 is 0 Å². The molecule has 1 atom stereocenters. The van der Waals surface area contributed by atoms with E-state index in [9.17, 15) is 17.1 Å². The van der Waals surface area contributed by atoms with E-state index in [1.165, 1.54) is 4.90 Å². The molecule has 1 amide bonds. The van der Waals surface area contributed by atoms with Crippen LogP contribution in [0, 0.1) is 5.41 Å². The lowest BCUT2D eigenvalue weighted by Gasteiger charge is -2.28. The largest absolute Gasteiger partial charge is 0.444 e. The Morgan fingerprint density at radius 3 is 2.45 bits per heavy atom. The third-order valence-corrected chi connectivity index (χ3v) is 4.31. The first-order chi connectivity index (χ1) is 8.96. The number of rotatable bonds is 4. The van der Waals surface area contributed by atoms with Crippen molar-refractivity contribution in [1.82, 2.24) is 4.90 Å². The number of ether oxygens (including phenoxy) is 1. The molecule has 0 aromatic carbocycles. The third kappa shape index (κ3) is 5.26. The number of carbonyl (C=O) groups excluding carboxylic acids is 1. The number of amides is 1. The van der Waals surface area contributed by atoms with Crippen molar-refractivity contribution in [2.75, 3.05) is 18.8 Å². The summed E-state index contributed by atoms with van der Waals surface area (Å²) in [6.07, 6.45) is 1.35. The summed E-state index contributed by atoms with van der Waals surface area (Å²) in [6, 6.07) is 0. The molecular weight excluding hydrogens is 285 g/mol. The molecular formula is C13H24FNO4S. The first-order valence-electron chi connectivity index (χ1n) is 6.87. The van der Waals surface area contributed by atoms with E-state index in [-0.39, 0.29) is 6.54 Å². The molecule has 0 aromatic rings. The van der Waals surface area contributed by atoms with Gasteiger partial charge >= 0.3 is 16.3 Å². The van der Waals surface area contributed by atoms with Crippen molar-refractivity contribution in [2.45, 2.75) is 52.6 Å². The van der Waals surface area contributed by atoms with Gasteiger partial charge in [0.25, 0.3) is 0 Å². The quantitative estimate of drug-likeness (QED) is 0.749. The predicted octanol–water partition coefficient (Wildman–Crippen LogP) is 2.71. The second-order valence-corrected chi connectivity index (χ2v) is 7.95. The molecule has 1 aliphatic heterocycles. The maximum Gasteiger partial charge on any atom is 0.410 e. The van der Waals surface area contributed by atoms with Gasteiger partial charge in [-0.25, -0.2) is 4.79 Å². The molecule has 1 rings (SSSR count). The Morgan fingerprint density at radius 1 is 1.40 bits per heavy atom. The van der Waals surface area contributed by atoms with Gasteiger partial charge in [-0.2, -0.15) is 8.42 Å². The van der Waals surface area contributed by atoms with Crippen LogP contribution in [0.3, 0.4) is 0 Å². The maximum absolute atomic E-state index is 13.0. The van der Waals surface area contributed by atoms with E-state index < -0.39 is 33.1 Å². The predicted molar refractivity (Wildman–Crippen MR) is 74.7 cm³/mol. The van der Waals surface area contributed by atoms with Gasteiger partial charge in [0.05, 0.1) is 5.75 Å². The van der Waals surface area contributed by atoms with Crippen molar-refractivity contribution in [3.63, 3.8) is 0 Å². The molecule has 0 N–H and O–H groups in total. The zero-order valence-corrected chi connectivity index (χ0v) is 13.4. The number of halogens is 1. The van der Waals surface area contributed by atoms with Gasteiger partial charge in [0, 0.05) is 18.5 Å². The Kier molecular flexibility index (Phi) is 5.05. The minimum absolute atomic E-state index is 0.235. The highest BCUT2D eigenvalue weighted by molar-refractivity contribution is 7.86. The number of nitrogens with zero attached hydrogens (tertiary/aromatic N) is 1. The smallest absolute Gasteiger partial charge is 0.410 e. The number of hydrogen-bond acceptors (Lipinski definition) is 4. The van der Waals surface area contributed by atoms with Crippen LogP contribution in [0.25, 0.3) is 0 Å². The Labute approximate surface area is 120 Å². The van der Waals surface area contributed by atoms with Gasteiger partial charge < -0.3 is 9.64 Å². The highest BCUT2D eigenvalue weighted by Crippen LogP contribution is 2.37. The van der Waals surface area contributed by atoms with E-state index in [1.807, 2.05) is 6.92 Å². The summed E-state index contributed by atoms with van der Waals surface area (Å²) in [6.45, 7) is 7.87. The van der Waals surface area contributed by atoms with E-state index in [0.29, 0.717) is 19.4 Å². The van der Waals surface area contributed by atoms with Crippen molar-refractivity contribution in [3.8, 4) is 0 Å². The topological polar surface area (TPSA) is 63.7 Å². The monoisotopic (exact) mass is 309 g/mol. The number of likely N-dealkylation sites (tertiary alicyclic amines) is 1. The first-order valence-corrected chi connectivity index (χ1v) is 8.42. The average molecular weight is 309 g/mol. The summed E-state index contributed by atoms with van der Waals surface area (Å²) < 4.78 is 40.3. The number of carbonyl (C=O) groups is 1. The molecule has 0 bridgehead atoms. The summed E-state index contributed by atoms with van der Waals surface area (Å²) in [5.74, 6) is -0.521. The minimum Gasteiger partial charge on any atom is -0.444 e. The Bertz CT molecular complexity index is 457. The van der Waals surface area contributed by atoms with Gasteiger partial charge in [-0.15, -0.1) is 3.89 Å². The van der Waals surface area contributed by atoms with Crippen molar-refractivity contribution >= 4 is 16.3 Å². The van der Waals surface area contributed by atoms with Gasteiger partial charge in [-0.1, -0.05) is 13.3 Å². The minimum atomic E-state index is -4.55. The standard InChI is InChI=1S/C13H24FNO4S/c1-5-6-13(10-20(14,17)18)7-8-15(9-13)11(16)19-12(2,3)4/h5-10H2,1-4H3. The van der Waals surface area contributed by atoms with Gasteiger partial charge in [-0.05, 0) is 33.6 Å². The summed E-state index contributed by atoms with van der Waals surface area (Å²) in [5, 5.41) is 0. The molecule has 7 heteroatoms. The van der Waals surface area contributed by atoms with Crippen molar-refractivity contribution in [3.05, 3.63) is 0 Å². The maximum atomic E-state index is 13.0. The lowest BCUT2D eigenvalue weighted by atomic mass is 9.85. The summed E-state index contributed by atoms with van der Waals surface area (Å²) in [7, 11) is -4.55. The Balaban J connectivity index is 2.77. The lowest BCUT2D eigenvalue weighted by Crippen LogP contribution is -2.38. The SMILES string of the molecule is CCCC1(CS(=O)(=O)F)CCN(C(=O)OC(C)(C)C)C1. The summed E-state index contributed by atoms with van der Waals surface area (Å²) in [5.41, 5.74) is -1.28. The molecule has 1 fully saturated rings. The average Bonchev–Trinajstić information content (AvgIpc) is 2.57. The van der Waals surface area contributed by atoms with Gasteiger partial charge in [-0.3, -0.25) is 0 Å². The Hall–Kier alpha value is -0.850. The van der Waals surface area contributed by atoms with Gasteiger partial charge in [0.15, 0.2) is 0 Å². The van der Waals surface area contributed by atoms with Gasteiger partial charge in [0.1, 0.15) is 5.60 Å². The van der Waals surface area contributed by atoms with Crippen LogP contribution in [0.2, 0.25) is 0 Å². The Morgan fingerprint density at radius 2 is 2.00 bits per heavy atom. The van der Waals surface area contributed by atoms with E-state index in [4.69, 9.17) is 4.74 Å². The second kappa shape index (κ2) is 5.87. The molecule has 1 saturated heterocycles. The lowest BCUT2D eigenvalue weighted by molar-refractivity contribution is 0.0274. The highest BCUT2D eigenvalue weighted by Gasteiger charge is 2.43. The van der Waals surface area contributed by atoms with Crippen LogP contribution in [0.1, 0.15) is 47.0 Å². The van der Waals surface area contributed by atoms with Crippen LogP contribution in [0.5, 0.6) is 0 Å². The van der Waals surface area contributed by atoms with E-state index in [2.05, 4.69) is 0 Å². The molecule has 0 radical (unpaired) electrons. The molecule has 1 unspecified atom stereocenters. The van der Waals surface area contributed by atoms with E-state index in [0.717, 1.165) is 6.42 Å². The fraction of sp³-hybridized carbons (Fsp3) is 0.923. The zero-order chi connectivity index (χ0) is 15.6. The van der Waals surface area contributed by atoms with E-state index in [1.54, 1.807) is 20.8 Å². The van der Waals surface area contributed by atoms with Crippen LogP contribution in [-0.2, 0) is 15.0 Å². The van der Waals surface area contributed by atoms with Crippen LogP contribution in [-0.4, -0.2) is 43.9 Å². The summed E-state index contributed by atoms with van der Waals surface area (Å²) >= 11 is 0. The second-order valence-electron chi connectivity index (χ2n) is 6.59. The molecule has 1 aliphatic rings. The number of hydrogen-bond donors (Lipinski definition) is 0.